The molecule has 1 aliphatic carbocycles. The summed E-state index contributed by atoms with van der Waals surface area (Å²) in [4.78, 5) is 11.4. The first-order valence-electron chi connectivity index (χ1n) is 6.39. The molecule has 0 saturated heterocycles. The Morgan fingerprint density at radius 3 is 2.63 bits per heavy atom. The van der Waals surface area contributed by atoms with Crippen molar-refractivity contribution in [1.29, 1.82) is 0 Å². The van der Waals surface area contributed by atoms with Gasteiger partial charge in [-0.05, 0) is 48.2 Å². The van der Waals surface area contributed by atoms with E-state index in [4.69, 9.17) is 10.5 Å². The Kier molecular flexibility index (Phi) is 2.95. The maximum Gasteiger partial charge on any atom is 0.224 e. The average Bonchev–Trinajstić information content (AvgIpc) is 2.83. The summed E-state index contributed by atoms with van der Waals surface area (Å²) in [5.41, 5.74) is 7.65. The van der Waals surface area contributed by atoms with Crippen molar-refractivity contribution in [3.8, 4) is 11.5 Å². The number of fused-ring (bicyclic) bond motifs is 1. The summed E-state index contributed by atoms with van der Waals surface area (Å²) in [6.45, 7) is 0. The number of para-hydroxylation sites is 1. The second kappa shape index (κ2) is 4.76. The predicted octanol–water partition coefficient (Wildman–Crippen LogP) is 2.99. The first-order valence-corrected chi connectivity index (χ1v) is 6.39. The molecule has 2 aromatic carbocycles. The van der Waals surface area contributed by atoms with Gasteiger partial charge in [0, 0.05) is 0 Å². The lowest BCUT2D eigenvalue weighted by molar-refractivity contribution is -0.119. The van der Waals surface area contributed by atoms with E-state index in [1.165, 1.54) is 5.56 Å². The standard InChI is InChI=1S/C16H15NO2/c17-16(18)14-9-7-11-6-8-13(10-15(11)14)19-12-4-2-1-3-5-12/h1-6,8,10,14H,7,9H2,(H2,17,18). The summed E-state index contributed by atoms with van der Waals surface area (Å²) in [7, 11) is 0. The van der Waals surface area contributed by atoms with E-state index >= 15 is 0 Å². The van der Waals surface area contributed by atoms with Crippen LogP contribution in [0.4, 0.5) is 0 Å². The molecule has 0 saturated carbocycles. The van der Waals surface area contributed by atoms with Crippen molar-refractivity contribution in [1.82, 2.24) is 0 Å². The van der Waals surface area contributed by atoms with Crippen LogP contribution in [0.3, 0.4) is 0 Å². The third-order valence-corrected chi connectivity index (χ3v) is 3.52. The second-order valence-electron chi connectivity index (χ2n) is 4.77. The maximum atomic E-state index is 11.4. The van der Waals surface area contributed by atoms with E-state index in [0.29, 0.717) is 0 Å². The van der Waals surface area contributed by atoms with Crippen LogP contribution in [0.1, 0.15) is 23.5 Å². The predicted molar refractivity (Wildman–Crippen MR) is 73.2 cm³/mol. The van der Waals surface area contributed by atoms with Crippen LogP contribution in [0.2, 0.25) is 0 Å². The Bertz CT molecular complexity index is 607. The molecule has 2 aromatic rings. The highest BCUT2D eigenvalue weighted by atomic mass is 16.5. The molecule has 1 aliphatic rings. The minimum atomic E-state index is -0.254. The zero-order valence-electron chi connectivity index (χ0n) is 10.5. The number of aryl methyl sites for hydroxylation is 1. The van der Waals surface area contributed by atoms with Gasteiger partial charge in [-0.1, -0.05) is 24.3 Å². The lowest BCUT2D eigenvalue weighted by Crippen LogP contribution is -2.19. The number of nitrogens with two attached hydrogens (primary N) is 1. The number of carbonyl (C=O) groups is 1. The molecule has 0 aliphatic heterocycles. The van der Waals surface area contributed by atoms with Crippen LogP contribution in [-0.2, 0) is 11.2 Å². The van der Waals surface area contributed by atoms with Crippen molar-refractivity contribution in [3.63, 3.8) is 0 Å². The SMILES string of the molecule is NC(=O)C1CCc2ccc(Oc3ccccc3)cc21. The fraction of sp³-hybridized carbons (Fsp3) is 0.188. The first kappa shape index (κ1) is 11.8. The molecule has 0 bridgehead atoms. The van der Waals surface area contributed by atoms with Crippen molar-refractivity contribution in [2.24, 2.45) is 5.73 Å². The summed E-state index contributed by atoms with van der Waals surface area (Å²) in [6, 6.07) is 15.5. The molecular weight excluding hydrogens is 238 g/mol. The smallest absolute Gasteiger partial charge is 0.224 e. The average molecular weight is 253 g/mol. The van der Waals surface area contributed by atoms with Crippen molar-refractivity contribution in [3.05, 3.63) is 59.7 Å². The van der Waals surface area contributed by atoms with Crippen LogP contribution in [0.15, 0.2) is 48.5 Å². The van der Waals surface area contributed by atoms with E-state index in [0.717, 1.165) is 29.9 Å². The summed E-state index contributed by atoms with van der Waals surface area (Å²) in [5, 5.41) is 0. The number of carbonyl (C=O) groups excluding carboxylic acids is 1. The molecule has 3 nitrogen and oxygen atoms in total. The topological polar surface area (TPSA) is 52.3 Å². The third-order valence-electron chi connectivity index (χ3n) is 3.52. The minimum Gasteiger partial charge on any atom is -0.457 e. The van der Waals surface area contributed by atoms with Gasteiger partial charge in [0.2, 0.25) is 5.91 Å². The van der Waals surface area contributed by atoms with Crippen LogP contribution in [0.5, 0.6) is 11.5 Å². The number of rotatable bonds is 3. The van der Waals surface area contributed by atoms with E-state index in [9.17, 15) is 4.79 Å². The van der Waals surface area contributed by atoms with Gasteiger partial charge in [-0.2, -0.15) is 0 Å². The highest BCUT2D eigenvalue weighted by Crippen LogP contribution is 2.36. The molecule has 0 spiro atoms. The lowest BCUT2D eigenvalue weighted by atomic mass is 10.0. The Morgan fingerprint density at radius 2 is 1.89 bits per heavy atom. The molecule has 1 atom stereocenters. The normalized spacial score (nSPS) is 16.9. The summed E-state index contributed by atoms with van der Waals surface area (Å²) in [6.07, 6.45) is 1.72. The zero-order chi connectivity index (χ0) is 13.2. The molecule has 19 heavy (non-hydrogen) atoms. The minimum absolute atomic E-state index is 0.172. The van der Waals surface area contributed by atoms with Crippen molar-refractivity contribution in [2.75, 3.05) is 0 Å². The summed E-state index contributed by atoms with van der Waals surface area (Å²) >= 11 is 0. The fourth-order valence-corrected chi connectivity index (χ4v) is 2.56. The van der Waals surface area contributed by atoms with E-state index in [2.05, 4.69) is 0 Å². The number of hydrogen-bond donors (Lipinski definition) is 1. The number of hydrogen-bond acceptors (Lipinski definition) is 2. The zero-order valence-corrected chi connectivity index (χ0v) is 10.5. The van der Waals surface area contributed by atoms with E-state index < -0.39 is 0 Å². The van der Waals surface area contributed by atoms with Gasteiger partial charge in [0.05, 0.1) is 5.92 Å². The van der Waals surface area contributed by atoms with Crippen LogP contribution < -0.4 is 10.5 Å². The van der Waals surface area contributed by atoms with Gasteiger partial charge in [0.25, 0.3) is 0 Å². The van der Waals surface area contributed by atoms with Crippen molar-refractivity contribution >= 4 is 5.91 Å². The maximum absolute atomic E-state index is 11.4. The first-order chi connectivity index (χ1) is 9.24. The van der Waals surface area contributed by atoms with Gasteiger partial charge >= 0.3 is 0 Å². The molecule has 96 valence electrons. The highest BCUT2D eigenvalue weighted by molar-refractivity contribution is 5.83. The molecule has 3 rings (SSSR count). The molecule has 0 aromatic heterocycles. The Hall–Kier alpha value is -2.29. The molecule has 1 amide bonds. The number of benzene rings is 2. The summed E-state index contributed by atoms with van der Waals surface area (Å²) in [5.74, 6) is 1.11. The van der Waals surface area contributed by atoms with Crippen LogP contribution >= 0.6 is 0 Å². The van der Waals surface area contributed by atoms with Crippen LogP contribution in [-0.4, -0.2) is 5.91 Å². The fourth-order valence-electron chi connectivity index (χ4n) is 2.56. The molecule has 0 heterocycles. The molecule has 2 N–H and O–H groups in total. The van der Waals surface area contributed by atoms with Crippen LogP contribution in [0, 0.1) is 0 Å². The van der Waals surface area contributed by atoms with E-state index in [1.807, 2.05) is 48.5 Å². The van der Waals surface area contributed by atoms with Crippen molar-refractivity contribution in [2.45, 2.75) is 18.8 Å². The largest absolute Gasteiger partial charge is 0.457 e. The number of primary amides is 1. The Morgan fingerprint density at radius 1 is 1.11 bits per heavy atom. The van der Waals surface area contributed by atoms with Gasteiger partial charge in [0.1, 0.15) is 11.5 Å². The monoisotopic (exact) mass is 253 g/mol. The van der Waals surface area contributed by atoms with Gasteiger partial charge in [-0.3, -0.25) is 4.79 Å². The Labute approximate surface area is 112 Å². The molecule has 1 unspecified atom stereocenters. The van der Waals surface area contributed by atoms with E-state index in [1.54, 1.807) is 0 Å². The summed E-state index contributed by atoms with van der Waals surface area (Å²) < 4.78 is 5.78. The number of amides is 1. The second-order valence-corrected chi connectivity index (χ2v) is 4.77. The molecule has 0 radical (unpaired) electrons. The number of ether oxygens (including phenoxy) is 1. The van der Waals surface area contributed by atoms with Gasteiger partial charge in [0.15, 0.2) is 0 Å². The molecule has 0 fully saturated rings. The molecule has 3 heteroatoms. The van der Waals surface area contributed by atoms with E-state index in [-0.39, 0.29) is 11.8 Å². The van der Waals surface area contributed by atoms with Gasteiger partial charge in [-0.25, -0.2) is 0 Å². The highest BCUT2D eigenvalue weighted by Gasteiger charge is 2.27. The molecular formula is C16H15NO2. The Balaban J connectivity index is 1.89. The van der Waals surface area contributed by atoms with Gasteiger partial charge < -0.3 is 10.5 Å². The third kappa shape index (κ3) is 2.32. The quantitative estimate of drug-likeness (QED) is 0.914. The van der Waals surface area contributed by atoms with Crippen molar-refractivity contribution < 1.29 is 9.53 Å². The lowest BCUT2D eigenvalue weighted by Gasteiger charge is -2.10. The van der Waals surface area contributed by atoms with Crippen LogP contribution in [0.25, 0.3) is 0 Å². The van der Waals surface area contributed by atoms with Gasteiger partial charge in [-0.15, -0.1) is 0 Å².